The predicted molar refractivity (Wildman–Crippen MR) is 281 cm³/mol. The van der Waals surface area contributed by atoms with Gasteiger partial charge in [0.2, 0.25) is 5.95 Å². The number of benzene rings is 10. The number of nitrogens with zero attached hydrogens (tertiary/aromatic N) is 6. The lowest BCUT2D eigenvalue weighted by atomic mass is 10.0. The molecule has 0 spiro atoms. The number of aromatic nitrogens is 6. The smallest absolute Gasteiger partial charge is 0.235 e. The quantitative estimate of drug-likeness (QED) is 0.177. The highest BCUT2D eigenvalue weighted by atomic mass is 15.2. The molecule has 6 nitrogen and oxygen atoms in total. The molecule has 0 bridgehead atoms. The summed E-state index contributed by atoms with van der Waals surface area (Å²) in [7, 11) is 0. The third kappa shape index (κ3) is 4.65. The Bertz CT molecular complexity index is 4580. The van der Waals surface area contributed by atoms with Gasteiger partial charge in [-0.1, -0.05) is 133 Å². The summed E-state index contributed by atoms with van der Waals surface area (Å²) >= 11 is 0. The molecule has 5 aromatic heterocycles. The van der Waals surface area contributed by atoms with Gasteiger partial charge >= 0.3 is 0 Å². The van der Waals surface area contributed by atoms with E-state index in [1.54, 1.807) is 0 Å². The van der Waals surface area contributed by atoms with Crippen molar-refractivity contribution >= 4 is 98.0 Å². The largest absolute Gasteiger partial charge is 0.309 e. The molecule has 1 aliphatic rings. The zero-order chi connectivity index (χ0) is 44.2. The first-order chi connectivity index (χ1) is 33.8. The van der Waals surface area contributed by atoms with Crippen molar-refractivity contribution in [1.82, 2.24) is 28.2 Å². The number of para-hydroxylation sites is 6. The van der Waals surface area contributed by atoms with E-state index in [1.807, 2.05) is 6.20 Å². The molecule has 0 radical (unpaired) electrons. The van der Waals surface area contributed by atoms with E-state index in [1.165, 1.54) is 76.2 Å². The van der Waals surface area contributed by atoms with Gasteiger partial charge in [0.05, 0.1) is 55.5 Å². The van der Waals surface area contributed by atoms with Gasteiger partial charge in [0.1, 0.15) is 0 Å². The first kappa shape index (κ1) is 36.0. The van der Waals surface area contributed by atoms with Gasteiger partial charge in [0, 0.05) is 82.6 Å². The van der Waals surface area contributed by atoms with E-state index in [4.69, 9.17) is 9.97 Å². The second-order valence-corrected chi connectivity index (χ2v) is 18.1. The first-order valence-corrected chi connectivity index (χ1v) is 23.2. The van der Waals surface area contributed by atoms with Crippen LogP contribution in [0.5, 0.6) is 0 Å². The Balaban J connectivity index is 0.858. The molecule has 5 heterocycles. The molecule has 0 fully saturated rings. The van der Waals surface area contributed by atoms with Crippen molar-refractivity contribution < 1.29 is 0 Å². The summed E-state index contributed by atoms with van der Waals surface area (Å²) < 4.78 is 9.49. The van der Waals surface area contributed by atoms with Gasteiger partial charge in [-0.25, -0.2) is 9.97 Å². The van der Waals surface area contributed by atoms with Crippen LogP contribution in [-0.4, -0.2) is 28.2 Å². The summed E-state index contributed by atoms with van der Waals surface area (Å²) in [6.07, 6.45) is 2.04. The molecule has 1 aliphatic carbocycles. The minimum absolute atomic E-state index is 0.658. The second kappa shape index (κ2) is 13.2. The van der Waals surface area contributed by atoms with Gasteiger partial charge < -0.3 is 13.7 Å². The molecule has 0 unspecified atom stereocenters. The fraction of sp³-hybridized carbons (Fsp3) is 0. The topological polar surface area (TPSA) is 45.5 Å². The zero-order valence-electron chi connectivity index (χ0n) is 36.5. The van der Waals surface area contributed by atoms with Crippen molar-refractivity contribution in [1.29, 1.82) is 0 Å². The molecule has 0 amide bonds. The molecule has 68 heavy (non-hydrogen) atoms. The minimum atomic E-state index is 0.658. The molecule has 10 aromatic carbocycles. The number of fused-ring (bicyclic) bond motifs is 15. The van der Waals surface area contributed by atoms with Crippen LogP contribution < -0.4 is 0 Å². The Morgan fingerprint density at radius 1 is 0.279 bits per heavy atom. The molecule has 0 saturated heterocycles. The van der Waals surface area contributed by atoms with E-state index >= 15 is 0 Å². The highest BCUT2D eigenvalue weighted by Crippen LogP contribution is 2.49. The van der Waals surface area contributed by atoms with Gasteiger partial charge in [0.15, 0.2) is 0 Å². The van der Waals surface area contributed by atoms with Crippen molar-refractivity contribution in [2.45, 2.75) is 0 Å². The van der Waals surface area contributed by atoms with E-state index < -0.39 is 0 Å². The van der Waals surface area contributed by atoms with Gasteiger partial charge in [-0.15, -0.1) is 0 Å². The lowest BCUT2D eigenvalue weighted by molar-refractivity contribution is 0.995. The molecule has 0 atom stereocenters. The lowest BCUT2D eigenvalue weighted by Gasteiger charge is -2.14. The SMILES string of the molecule is c1cc2c3c(ccc(-n4c5ccccc5c5cc(-n6c7ccccc7c7ccccc76)ccc54)c3c1)-c1cnc(-n3c4ccccc4c4cc(-n5c6ccccc6c6ccccc65)ccc43)nc1-2. The molecule has 314 valence electrons. The molecule has 6 heteroatoms. The maximum absolute atomic E-state index is 5.50. The van der Waals surface area contributed by atoms with Crippen molar-refractivity contribution in [3.8, 4) is 45.4 Å². The maximum atomic E-state index is 5.50. The predicted octanol–water partition coefficient (Wildman–Crippen LogP) is 15.7. The summed E-state index contributed by atoms with van der Waals surface area (Å²) in [5.41, 5.74) is 17.0. The van der Waals surface area contributed by atoms with Crippen LogP contribution in [0.3, 0.4) is 0 Å². The number of hydrogen-bond acceptors (Lipinski definition) is 2. The highest BCUT2D eigenvalue weighted by molar-refractivity contribution is 6.19. The molecule has 0 N–H and O–H groups in total. The van der Waals surface area contributed by atoms with Crippen LogP contribution in [0.1, 0.15) is 0 Å². The molecule has 0 aliphatic heterocycles. The Kier molecular flexibility index (Phi) is 6.98. The van der Waals surface area contributed by atoms with Crippen LogP contribution >= 0.6 is 0 Å². The monoisotopic (exact) mass is 864 g/mol. The van der Waals surface area contributed by atoms with Crippen LogP contribution in [0.4, 0.5) is 0 Å². The molecular formula is C62H36N6. The lowest BCUT2D eigenvalue weighted by Crippen LogP contribution is -2.02. The second-order valence-electron chi connectivity index (χ2n) is 18.1. The van der Waals surface area contributed by atoms with E-state index in [9.17, 15) is 0 Å². The van der Waals surface area contributed by atoms with Gasteiger partial charge in [-0.3, -0.25) is 4.57 Å². The van der Waals surface area contributed by atoms with Crippen molar-refractivity contribution in [3.05, 3.63) is 219 Å². The van der Waals surface area contributed by atoms with E-state index in [0.29, 0.717) is 5.95 Å². The maximum Gasteiger partial charge on any atom is 0.235 e. The fourth-order valence-electron chi connectivity index (χ4n) is 12.0. The minimum Gasteiger partial charge on any atom is -0.309 e. The number of rotatable bonds is 4. The third-order valence-electron chi connectivity index (χ3n) is 14.8. The van der Waals surface area contributed by atoms with Gasteiger partial charge in [0.25, 0.3) is 0 Å². The Morgan fingerprint density at radius 3 is 1.21 bits per heavy atom. The molecule has 15 aromatic rings. The summed E-state index contributed by atoms with van der Waals surface area (Å²) in [4.78, 5) is 10.7. The summed E-state index contributed by atoms with van der Waals surface area (Å²) in [6.45, 7) is 0. The normalized spacial score (nSPS) is 12.4. The Hall–Kier alpha value is -9.26. The first-order valence-electron chi connectivity index (χ1n) is 23.2. The molecule has 16 rings (SSSR count). The van der Waals surface area contributed by atoms with Crippen LogP contribution in [0.2, 0.25) is 0 Å². The van der Waals surface area contributed by atoms with Crippen molar-refractivity contribution in [3.63, 3.8) is 0 Å². The van der Waals surface area contributed by atoms with Crippen molar-refractivity contribution in [2.24, 2.45) is 0 Å². The number of hydrogen-bond donors (Lipinski definition) is 0. The van der Waals surface area contributed by atoms with Crippen LogP contribution in [0.15, 0.2) is 219 Å². The fourth-order valence-corrected chi connectivity index (χ4v) is 12.0. The van der Waals surface area contributed by atoms with Crippen LogP contribution in [-0.2, 0) is 0 Å². The van der Waals surface area contributed by atoms with E-state index in [0.717, 1.165) is 61.3 Å². The standard InChI is InChI=1S/C62H36N6/c1-7-22-51-39(14-1)40-15-2-8-23-52(40)65(51)37-28-31-58-48(34-37)43-18-5-11-26-55(43)67(58)57-33-30-45-50-36-63-62(64-61(50)47-21-13-20-46(57)60(45)47)68-56-27-12-6-19-44(56)49-35-38(29-32-59(49)68)66-53-24-9-3-16-41(53)42-17-4-10-25-54(42)66/h1-36H. The van der Waals surface area contributed by atoms with Gasteiger partial charge in [-0.05, 0) is 84.4 Å². The summed E-state index contributed by atoms with van der Waals surface area (Å²) in [5, 5.41) is 12.2. The van der Waals surface area contributed by atoms with Crippen LogP contribution in [0, 0.1) is 0 Å². The molecule has 0 saturated carbocycles. The van der Waals surface area contributed by atoms with Gasteiger partial charge in [-0.2, -0.15) is 0 Å². The Morgan fingerprint density at radius 2 is 0.691 bits per heavy atom. The average molecular weight is 865 g/mol. The highest BCUT2D eigenvalue weighted by Gasteiger charge is 2.28. The van der Waals surface area contributed by atoms with Crippen molar-refractivity contribution in [2.75, 3.05) is 0 Å². The average Bonchev–Trinajstić information content (AvgIpc) is 4.19. The Labute approximate surface area is 388 Å². The van der Waals surface area contributed by atoms with E-state index in [2.05, 4.69) is 231 Å². The summed E-state index contributed by atoms with van der Waals surface area (Å²) in [6, 6.07) is 77.3. The van der Waals surface area contributed by atoms with E-state index in [-0.39, 0.29) is 0 Å². The molecular weight excluding hydrogens is 829 g/mol. The van der Waals surface area contributed by atoms with Crippen LogP contribution in [0.25, 0.3) is 143 Å². The third-order valence-corrected chi connectivity index (χ3v) is 14.8. The zero-order valence-corrected chi connectivity index (χ0v) is 36.5. The summed E-state index contributed by atoms with van der Waals surface area (Å²) in [5.74, 6) is 0.658.